The van der Waals surface area contributed by atoms with Crippen LogP contribution in [0.3, 0.4) is 0 Å². The van der Waals surface area contributed by atoms with Gasteiger partial charge in [-0.15, -0.1) is 0 Å². The third-order valence-electron chi connectivity index (χ3n) is 2.64. The Hall–Kier alpha value is -0.210. The van der Waals surface area contributed by atoms with E-state index in [-0.39, 0.29) is 17.1 Å². The smallest absolute Gasteiger partial charge is 0.134 e. The number of hydrogen-bond donors (Lipinski definition) is 1. The number of hydrogen-bond acceptors (Lipinski definition) is 1. The highest BCUT2D eigenvalue weighted by atomic mass is 79.9. The van der Waals surface area contributed by atoms with Gasteiger partial charge in [-0.3, -0.25) is 0 Å². The van der Waals surface area contributed by atoms with Crippen molar-refractivity contribution in [3.8, 4) is 5.75 Å². The average Bonchev–Trinajstić information content (AvgIpc) is 2.11. The topological polar surface area (TPSA) is 20.2 Å². The van der Waals surface area contributed by atoms with Crippen LogP contribution in [0, 0.1) is 0 Å². The molecule has 0 radical (unpaired) electrons. The summed E-state index contributed by atoms with van der Waals surface area (Å²) in [6, 6.07) is 2.01. The minimum Gasteiger partial charge on any atom is -0.506 e. The molecule has 0 saturated heterocycles. The molecular weight excluding hydrogens is 287 g/mol. The van der Waals surface area contributed by atoms with E-state index in [0.29, 0.717) is 9.50 Å². The first kappa shape index (κ1) is 13.9. The predicted octanol–water partition coefficient (Wildman–Crippen LogP) is 5.23. The van der Waals surface area contributed by atoms with E-state index in [2.05, 4.69) is 50.5 Å². The van der Waals surface area contributed by atoms with Crippen LogP contribution < -0.4 is 0 Å². The number of benzene rings is 1. The quantitative estimate of drug-likeness (QED) is 0.753. The third kappa shape index (κ3) is 2.54. The summed E-state index contributed by atoms with van der Waals surface area (Å²) in [5.41, 5.74) is 1.96. The monoisotopic (exact) mass is 304 g/mol. The first-order valence-electron chi connectivity index (χ1n) is 5.37. The summed E-state index contributed by atoms with van der Waals surface area (Å²) < 4.78 is 0.602. The second-order valence-electron chi connectivity index (χ2n) is 5.39. The van der Waals surface area contributed by atoms with Crippen molar-refractivity contribution in [2.45, 2.75) is 46.0 Å². The molecule has 0 unspecified atom stereocenters. The lowest BCUT2D eigenvalue weighted by Crippen LogP contribution is -2.13. The molecule has 1 N–H and O–H groups in total. The van der Waals surface area contributed by atoms with E-state index in [0.717, 1.165) is 11.1 Å². The molecule has 0 aromatic heterocycles. The highest BCUT2D eigenvalue weighted by molar-refractivity contribution is 9.10. The fourth-order valence-corrected chi connectivity index (χ4v) is 2.49. The van der Waals surface area contributed by atoms with Crippen LogP contribution in [0.4, 0.5) is 0 Å². The van der Waals surface area contributed by atoms with Crippen molar-refractivity contribution in [3.63, 3.8) is 0 Å². The molecule has 0 bridgehead atoms. The van der Waals surface area contributed by atoms with Gasteiger partial charge < -0.3 is 5.11 Å². The van der Waals surface area contributed by atoms with Crippen LogP contribution >= 0.6 is 27.5 Å². The van der Waals surface area contributed by atoms with E-state index >= 15 is 0 Å². The molecule has 0 saturated carbocycles. The molecule has 3 heteroatoms. The van der Waals surface area contributed by atoms with E-state index in [1.165, 1.54) is 0 Å². The zero-order valence-electron chi connectivity index (χ0n) is 10.4. The Kier molecular flexibility index (Phi) is 3.96. The van der Waals surface area contributed by atoms with Gasteiger partial charge in [-0.2, -0.15) is 0 Å². The van der Waals surface area contributed by atoms with Crippen molar-refractivity contribution in [3.05, 3.63) is 26.7 Å². The van der Waals surface area contributed by atoms with E-state index in [9.17, 15) is 5.11 Å². The first-order valence-corrected chi connectivity index (χ1v) is 6.54. The predicted molar refractivity (Wildman–Crippen MR) is 73.6 cm³/mol. The largest absolute Gasteiger partial charge is 0.506 e. The van der Waals surface area contributed by atoms with Crippen molar-refractivity contribution in [2.75, 3.05) is 0 Å². The Labute approximate surface area is 111 Å². The number of phenolic OH excluding ortho intramolecular Hbond substituents is 1. The Morgan fingerprint density at radius 1 is 1.31 bits per heavy atom. The van der Waals surface area contributed by atoms with Crippen LogP contribution in [0.2, 0.25) is 5.02 Å². The maximum Gasteiger partial charge on any atom is 0.134 e. The molecule has 0 heterocycles. The molecule has 0 aliphatic heterocycles. The maximum absolute atomic E-state index is 10.0. The summed E-state index contributed by atoms with van der Waals surface area (Å²) >= 11 is 9.61. The highest BCUT2D eigenvalue weighted by Crippen LogP contribution is 2.43. The molecular formula is C13H18BrClO. The van der Waals surface area contributed by atoms with Crippen LogP contribution in [0.25, 0.3) is 0 Å². The van der Waals surface area contributed by atoms with E-state index in [1.54, 1.807) is 0 Å². The highest BCUT2D eigenvalue weighted by Gasteiger charge is 2.23. The minimum absolute atomic E-state index is 0.0308. The summed E-state index contributed by atoms with van der Waals surface area (Å²) in [5.74, 6) is 0.530. The lowest BCUT2D eigenvalue weighted by Gasteiger charge is -2.24. The summed E-state index contributed by atoms with van der Waals surface area (Å²) in [6.45, 7) is 10.5. The second kappa shape index (κ2) is 4.58. The fourth-order valence-electron chi connectivity index (χ4n) is 1.62. The van der Waals surface area contributed by atoms with Crippen LogP contribution in [0.15, 0.2) is 10.5 Å². The average molecular weight is 306 g/mol. The van der Waals surface area contributed by atoms with Gasteiger partial charge >= 0.3 is 0 Å². The van der Waals surface area contributed by atoms with E-state index < -0.39 is 0 Å². The van der Waals surface area contributed by atoms with Crippen molar-refractivity contribution in [1.29, 1.82) is 0 Å². The van der Waals surface area contributed by atoms with Crippen molar-refractivity contribution in [2.24, 2.45) is 0 Å². The van der Waals surface area contributed by atoms with Crippen molar-refractivity contribution >= 4 is 27.5 Å². The summed E-state index contributed by atoms with van der Waals surface area (Å²) in [5, 5.41) is 10.6. The van der Waals surface area contributed by atoms with Crippen LogP contribution in [-0.4, -0.2) is 5.11 Å². The van der Waals surface area contributed by atoms with E-state index in [4.69, 9.17) is 11.6 Å². The van der Waals surface area contributed by atoms with Crippen molar-refractivity contribution in [1.82, 2.24) is 0 Å². The molecule has 0 amide bonds. The Balaban J connectivity index is 3.54. The summed E-state index contributed by atoms with van der Waals surface area (Å²) in [6.07, 6.45) is 0. The van der Waals surface area contributed by atoms with Gasteiger partial charge in [-0.25, -0.2) is 0 Å². The molecule has 0 aliphatic carbocycles. The van der Waals surface area contributed by atoms with Gasteiger partial charge in [0, 0.05) is 0 Å². The van der Waals surface area contributed by atoms with Crippen LogP contribution in [-0.2, 0) is 5.41 Å². The van der Waals surface area contributed by atoms with Gasteiger partial charge in [-0.05, 0) is 44.5 Å². The molecule has 0 atom stereocenters. The Bertz CT molecular complexity index is 405. The molecule has 0 aliphatic rings. The molecule has 1 rings (SSSR count). The molecule has 90 valence electrons. The first-order chi connectivity index (χ1) is 7.16. The van der Waals surface area contributed by atoms with Crippen LogP contribution in [0.5, 0.6) is 5.75 Å². The van der Waals surface area contributed by atoms with Gasteiger partial charge in [-0.1, -0.05) is 46.2 Å². The third-order valence-corrected chi connectivity index (χ3v) is 4.03. The van der Waals surface area contributed by atoms with Gasteiger partial charge in [0.05, 0.1) is 9.50 Å². The minimum atomic E-state index is -0.0308. The molecule has 0 fully saturated rings. The summed E-state index contributed by atoms with van der Waals surface area (Å²) in [4.78, 5) is 0. The van der Waals surface area contributed by atoms with Gasteiger partial charge in [0.25, 0.3) is 0 Å². The standard InChI is InChI=1S/C13H18BrClO/c1-7(2)8-6-9(13(3,4)5)11(15)10(14)12(8)16/h6-7,16H,1-5H3. The fraction of sp³-hybridized carbons (Fsp3) is 0.538. The molecule has 1 aromatic rings. The zero-order valence-corrected chi connectivity index (χ0v) is 12.7. The molecule has 16 heavy (non-hydrogen) atoms. The number of halogens is 2. The van der Waals surface area contributed by atoms with Gasteiger partial charge in [0.1, 0.15) is 5.75 Å². The summed E-state index contributed by atoms with van der Waals surface area (Å²) in [7, 11) is 0. The Morgan fingerprint density at radius 3 is 2.19 bits per heavy atom. The zero-order chi connectivity index (χ0) is 12.7. The maximum atomic E-state index is 10.0. The normalized spacial score (nSPS) is 12.2. The second-order valence-corrected chi connectivity index (χ2v) is 6.57. The molecule has 1 aromatic carbocycles. The van der Waals surface area contributed by atoms with Gasteiger partial charge in [0.2, 0.25) is 0 Å². The number of phenols is 1. The number of aromatic hydroxyl groups is 1. The van der Waals surface area contributed by atoms with E-state index in [1.807, 2.05) is 6.07 Å². The molecule has 0 spiro atoms. The molecule has 1 nitrogen and oxygen atoms in total. The van der Waals surface area contributed by atoms with Crippen molar-refractivity contribution < 1.29 is 5.11 Å². The van der Waals surface area contributed by atoms with Crippen LogP contribution in [0.1, 0.15) is 51.7 Å². The SMILES string of the molecule is CC(C)c1cc(C(C)(C)C)c(Cl)c(Br)c1O. The Morgan fingerprint density at radius 2 is 1.81 bits per heavy atom. The lowest BCUT2D eigenvalue weighted by molar-refractivity contribution is 0.459. The number of rotatable bonds is 1. The lowest BCUT2D eigenvalue weighted by atomic mass is 9.84. The van der Waals surface area contributed by atoms with Gasteiger partial charge in [0.15, 0.2) is 0 Å².